The third kappa shape index (κ3) is 7.00. The number of anilines is 3. The molecular weight excluding hydrogens is 416 g/mol. The van der Waals surface area contributed by atoms with E-state index in [4.69, 9.17) is 4.74 Å². The molecule has 3 aromatic carbocycles. The molecule has 3 aromatic rings. The summed E-state index contributed by atoms with van der Waals surface area (Å²) in [6.07, 6.45) is 0.742. The minimum absolute atomic E-state index is 0.190. The van der Waals surface area contributed by atoms with E-state index in [1.165, 1.54) is 0 Å². The van der Waals surface area contributed by atoms with Gasteiger partial charge in [-0.1, -0.05) is 30.3 Å². The lowest BCUT2D eigenvalue weighted by Crippen LogP contribution is -2.28. The normalized spacial score (nSPS) is 10.3. The Kier molecular flexibility index (Phi) is 8.30. The third-order valence-electron chi connectivity index (χ3n) is 4.95. The average molecular weight is 447 g/mol. The number of carbonyl (C=O) groups is 2. The van der Waals surface area contributed by atoms with E-state index in [0.29, 0.717) is 30.1 Å². The number of nitrogens with zero attached hydrogens (tertiary/aromatic N) is 1. The van der Waals surface area contributed by atoms with E-state index in [1.807, 2.05) is 62.3 Å². The lowest BCUT2D eigenvalue weighted by atomic mass is 10.1. The van der Waals surface area contributed by atoms with Crippen molar-refractivity contribution in [2.75, 3.05) is 42.8 Å². The fourth-order valence-corrected chi connectivity index (χ4v) is 3.34. The molecule has 0 aliphatic rings. The molecule has 0 aromatic heterocycles. The molecule has 0 spiro atoms. The van der Waals surface area contributed by atoms with Crippen molar-refractivity contribution >= 4 is 29.0 Å². The summed E-state index contributed by atoms with van der Waals surface area (Å²) in [4.78, 5) is 27.2. The number of amides is 3. The van der Waals surface area contributed by atoms with Crippen molar-refractivity contribution in [2.45, 2.75) is 13.3 Å². The first-order valence-corrected chi connectivity index (χ1v) is 10.9. The number of carbonyl (C=O) groups excluding carboxylic acids is 2. The third-order valence-corrected chi connectivity index (χ3v) is 4.95. The van der Waals surface area contributed by atoms with Crippen LogP contribution in [0.4, 0.5) is 21.9 Å². The molecular formula is C26H30N4O3. The van der Waals surface area contributed by atoms with Crippen LogP contribution in [0.2, 0.25) is 0 Å². The highest BCUT2D eigenvalue weighted by Crippen LogP contribution is 2.23. The molecule has 3 amide bonds. The Bertz CT molecular complexity index is 1070. The first-order chi connectivity index (χ1) is 16.0. The minimum Gasteiger partial charge on any atom is -0.494 e. The summed E-state index contributed by atoms with van der Waals surface area (Å²) >= 11 is 0. The van der Waals surface area contributed by atoms with E-state index in [1.54, 1.807) is 36.4 Å². The average Bonchev–Trinajstić information content (AvgIpc) is 2.81. The molecule has 172 valence electrons. The Labute approximate surface area is 194 Å². The van der Waals surface area contributed by atoms with Crippen molar-refractivity contribution in [1.29, 1.82) is 0 Å². The van der Waals surface area contributed by atoms with Gasteiger partial charge in [-0.25, -0.2) is 4.79 Å². The van der Waals surface area contributed by atoms with E-state index >= 15 is 0 Å². The Morgan fingerprint density at radius 1 is 0.879 bits per heavy atom. The Balaban J connectivity index is 1.64. The van der Waals surface area contributed by atoms with Crippen molar-refractivity contribution in [1.82, 2.24) is 5.32 Å². The Hall–Kier alpha value is -4.00. The number of nitrogens with one attached hydrogen (secondary N) is 3. The number of hydrogen-bond donors (Lipinski definition) is 3. The highest BCUT2D eigenvalue weighted by atomic mass is 16.5. The zero-order chi connectivity index (χ0) is 23.6. The molecule has 0 heterocycles. The van der Waals surface area contributed by atoms with Crippen molar-refractivity contribution in [3.8, 4) is 5.75 Å². The number of hydrogen-bond acceptors (Lipinski definition) is 4. The molecule has 0 saturated heterocycles. The van der Waals surface area contributed by atoms with Crippen LogP contribution < -0.4 is 25.6 Å². The second-order valence-electron chi connectivity index (χ2n) is 7.65. The van der Waals surface area contributed by atoms with Gasteiger partial charge >= 0.3 is 6.03 Å². The number of urea groups is 1. The molecule has 0 unspecified atom stereocenters. The SMILES string of the molecule is CCOc1ccc(NC(=O)Nc2ccc(N(C)C)c(C(=O)NCCc3ccccc3)c2)cc1. The van der Waals surface area contributed by atoms with Crippen molar-refractivity contribution in [3.63, 3.8) is 0 Å². The fraction of sp³-hybridized carbons (Fsp3) is 0.231. The molecule has 0 fully saturated rings. The quantitative estimate of drug-likeness (QED) is 0.442. The smallest absolute Gasteiger partial charge is 0.323 e. The fourth-order valence-electron chi connectivity index (χ4n) is 3.34. The molecule has 0 bridgehead atoms. The lowest BCUT2D eigenvalue weighted by Gasteiger charge is -2.19. The summed E-state index contributed by atoms with van der Waals surface area (Å²) in [6.45, 7) is 3.02. The highest BCUT2D eigenvalue weighted by Gasteiger charge is 2.15. The number of benzene rings is 3. The van der Waals surface area contributed by atoms with Crippen LogP contribution in [0.5, 0.6) is 5.75 Å². The predicted molar refractivity (Wildman–Crippen MR) is 134 cm³/mol. The van der Waals surface area contributed by atoms with Gasteiger partial charge in [0, 0.05) is 37.7 Å². The van der Waals surface area contributed by atoms with Crippen molar-refractivity contribution < 1.29 is 14.3 Å². The van der Waals surface area contributed by atoms with Crippen molar-refractivity contribution in [3.05, 3.63) is 83.9 Å². The van der Waals surface area contributed by atoms with E-state index in [-0.39, 0.29) is 5.91 Å². The monoisotopic (exact) mass is 446 g/mol. The van der Waals surface area contributed by atoms with Crippen LogP contribution in [-0.4, -0.2) is 39.2 Å². The summed E-state index contributed by atoms with van der Waals surface area (Å²) in [6, 6.07) is 22.0. The molecule has 3 N–H and O–H groups in total. The molecule has 0 radical (unpaired) electrons. The van der Waals surface area contributed by atoms with Crippen molar-refractivity contribution in [2.24, 2.45) is 0 Å². The molecule has 3 rings (SSSR count). The Morgan fingerprint density at radius 3 is 2.21 bits per heavy atom. The van der Waals surface area contributed by atoms with Crippen LogP contribution in [0, 0.1) is 0 Å². The predicted octanol–water partition coefficient (Wildman–Crippen LogP) is 4.77. The van der Waals surface area contributed by atoms with Crippen LogP contribution in [0.1, 0.15) is 22.8 Å². The van der Waals surface area contributed by atoms with E-state index in [9.17, 15) is 9.59 Å². The summed E-state index contributed by atoms with van der Waals surface area (Å²) < 4.78 is 5.41. The molecule has 7 nitrogen and oxygen atoms in total. The maximum absolute atomic E-state index is 12.9. The first kappa shape index (κ1) is 23.7. The standard InChI is InChI=1S/C26H30N4O3/c1-4-33-22-13-10-20(11-14-22)28-26(32)29-21-12-15-24(30(2)3)23(18-21)25(31)27-17-16-19-8-6-5-7-9-19/h5-15,18H,4,16-17H2,1-3H3,(H,27,31)(H2,28,29,32). The van der Waals surface area contributed by atoms with Gasteiger partial charge in [-0.3, -0.25) is 4.79 Å². The van der Waals surface area contributed by atoms with Crippen LogP contribution in [-0.2, 0) is 6.42 Å². The summed E-state index contributed by atoms with van der Waals surface area (Å²) in [5.41, 5.74) is 3.58. The van der Waals surface area contributed by atoms with Crippen LogP contribution in [0.3, 0.4) is 0 Å². The Morgan fingerprint density at radius 2 is 1.55 bits per heavy atom. The van der Waals surface area contributed by atoms with Gasteiger partial charge in [-0.15, -0.1) is 0 Å². The highest BCUT2D eigenvalue weighted by molar-refractivity contribution is 6.04. The maximum Gasteiger partial charge on any atom is 0.323 e. The molecule has 0 aliphatic heterocycles. The van der Waals surface area contributed by atoms with E-state index in [0.717, 1.165) is 23.4 Å². The lowest BCUT2D eigenvalue weighted by molar-refractivity contribution is 0.0954. The van der Waals surface area contributed by atoms with Gasteiger partial charge < -0.3 is 25.6 Å². The zero-order valence-corrected chi connectivity index (χ0v) is 19.2. The van der Waals surface area contributed by atoms with Gasteiger partial charge in [-0.2, -0.15) is 0 Å². The van der Waals surface area contributed by atoms with Crippen LogP contribution >= 0.6 is 0 Å². The topological polar surface area (TPSA) is 82.7 Å². The van der Waals surface area contributed by atoms with Gasteiger partial charge in [0.2, 0.25) is 0 Å². The molecule has 0 saturated carbocycles. The van der Waals surface area contributed by atoms with E-state index < -0.39 is 6.03 Å². The zero-order valence-electron chi connectivity index (χ0n) is 19.2. The summed E-state index contributed by atoms with van der Waals surface area (Å²) in [5, 5.41) is 8.55. The van der Waals surface area contributed by atoms with Gasteiger partial charge in [0.05, 0.1) is 12.2 Å². The molecule has 0 aliphatic carbocycles. The minimum atomic E-state index is -0.396. The second-order valence-corrected chi connectivity index (χ2v) is 7.65. The van der Waals surface area contributed by atoms with Gasteiger partial charge in [0.25, 0.3) is 5.91 Å². The number of rotatable bonds is 9. The summed E-state index contributed by atoms with van der Waals surface area (Å²) in [5.74, 6) is 0.552. The molecule has 7 heteroatoms. The second kappa shape index (κ2) is 11.6. The summed E-state index contributed by atoms with van der Waals surface area (Å²) in [7, 11) is 3.75. The first-order valence-electron chi connectivity index (χ1n) is 10.9. The maximum atomic E-state index is 12.9. The van der Waals surface area contributed by atoms with E-state index in [2.05, 4.69) is 16.0 Å². The van der Waals surface area contributed by atoms with Gasteiger partial charge in [0.15, 0.2) is 0 Å². The molecule has 33 heavy (non-hydrogen) atoms. The molecule has 0 atom stereocenters. The van der Waals surface area contributed by atoms with Crippen LogP contribution in [0.15, 0.2) is 72.8 Å². The van der Waals surface area contributed by atoms with Crippen LogP contribution in [0.25, 0.3) is 0 Å². The number of ether oxygens (including phenoxy) is 1. The van der Waals surface area contributed by atoms with Gasteiger partial charge in [-0.05, 0) is 61.4 Å². The van der Waals surface area contributed by atoms with Gasteiger partial charge in [0.1, 0.15) is 5.75 Å². The largest absolute Gasteiger partial charge is 0.494 e.